The fourth-order valence-electron chi connectivity index (χ4n) is 3.82. The van der Waals surface area contributed by atoms with Crippen molar-refractivity contribution in [3.8, 4) is 22.6 Å². The van der Waals surface area contributed by atoms with Gasteiger partial charge in [-0.1, -0.05) is 35.4 Å². The van der Waals surface area contributed by atoms with Crippen LogP contribution in [-0.4, -0.2) is 0 Å². The Bertz CT molecular complexity index is 897. The molecule has 3 rings (SSSR count). The van der Waals surface area contributed by atoms with Gasteiger partial charge in [-0.3, -0.25) is 0 Å². The van der Waals surface area contributed by atoms with Crippen molar-refractivity contribution in [1.82, 2.24) is 0 Å². The summed E-state index contributed by atoms with van der Waals surface area (Å²) in [6.07, 6.45) is 0. The Hall–Kier alpha value is -2.28. The predicted octanol–water partition coefficient (Wildman–Crippen LogP) is 1.99. The highest BCUT2D eigenvalue weighted by atomic mass is 35.7. The van der Waals surface area contributed by atoms with Gasteiger partial charge in [-0.25, -0.2) is 23.1 Å². The van der Waals surface area contributed by atoms with E-state index in [0.717, 1.165) is 11.5 Å². The molecular formula is C23H25ClO5. The van der Waals surface area contributed by atoms with Crippen molar-refractivity contribution in [2.24, 2.45) is 0 Å². The molecule has 1 aromatic heterocycles. The highest BCUT2D eigenvalue weighted by Gasteiger charge is 2.22. The van der Waals surface area contributed by atoms with Crippen molar-refractivity contribution in [3.63, 3.8) is 0 Å². The third kappa shape index (κ3) is 6.35. The van der Waals surface area contributed by atoms with Gasteiger partial charge in [0.2, 0.25) is 0 Å². The summed E-state index contributed by atoms with van der Waals surface area (Å²) in [7, 11) is -4.94. The van der Waals surface area contributed by atoms with E-state index in [4.69, 9.17) is 23.1 Å². The van der Waals surface area contributed by atoms with Gasteiger partial charge in [0.05, 0.1) is 11.1 Å². The van der Waals surface area contributed by atoms with E-state index in [1.54, 1.807) is 0 Å². The van der Waals surface area contributed by atoms with Gasteiger partial charge in [-0.2, -0.15) is 0 Å². The summed E-state index contributed by atoms with van der Waals surface area (Å²) in [5.41, 5.74) is 9.99. The number of hydrogen-bond donors (Lipinski definition) is 0. The lowest BCUT2D eigenvalue weighted by atomic mass is 9.96. The summed E-state index contributed by atoms with van der Waals surface area (Å²) >= 11 is 0. The molecule has 6 heteroatoms. The van der Waals surface area contributed by atoms with E-state index >= 15 is 0 Å². The largest absolute Gasteiger partial charge is 0.361 e. The first kappa shape index (κ1) is 23.0. The molecule has 0 saturated carbocycles. The fraction of sp³-hybridized carbons (Fsp3) is 0.261. The summed E-state index contributed by atoms with van der Waals surface area (Å²) in [6, 6.07) is 15.1. The molecule has 2 aromatic carbocycles. The molecule has 0 spiro atoms. The minimum atomic E-state index is -4.94. The zero-order valence-electron chi connectivity index (χ0n) is 17.5. The first-order valence-electron chi connectivity index (χ1n) is 9.08. The van der Waals surface area contributed by atoms with Crippen LogP contribution in [0.4, 0.5) is 0 Å². The molecule has 154 valence electrons. The number of benzene rings is 2. The Morgan fingerprint density at radius 3 is 1.14 bits per heavy atom. The van der Waals surface area contributed by atoms with Crippen LogP contribution in [0.2, 0.25) is 0 Å². The lowest BCUT2D eigenvalue weighted by Gasteiger charge is -2.17. The Balaban J connectivity index is 0.000000537. The Morgan fingerprint density at radius 1 is 0.586 bits per heavy atom. The van der Waals surface area contributed by atoms with Crippen LogP contribution in [0.5, 0.6) is 0 Å². The van der Waals surface area contributed by atoms with Crippen LogP contribution < -0.4 is 18.6 Å². The summed E-state index contributed by atoms with van der Waals surface area (Å²) in [6.45, 7) is 12.9. The van der Waals surface area contributed by atoms with Crippen LogP contribution in [0.3, 0.4) is 0 Å². The van der Waals surface area contributed by atoms with Crippen LogP contribution in [0, 0.1) is 51.8 Å². The maximum Gasteiger partial charge on any atom is 0.361 e. The van der Waals surface area contributed by atoms with Crippen molar-refractivity contribution in [3.05, 3.63) is 75.8 Å². The average molecular weight is 417 g/mol. The number of aryl methyl sites for hydroxylation is 6. The van der Waals surface area contributed by atoms with Gasteiger partial charge in [0.15, 0.2) is 0 Å². The minimum absolute atomic E-state index is 0.932. The maximum atomic E-state index is 8.49. The Morgan fingerprint density at radius 2 is 0.862 bits per heavy atom. The first-order chi connectivity index (χ1) is 13.4. The lowest BCUT2D eigenvalue weighted by molar-refractivity contribution is -2.00. The molecule has 0 aliphatic heterocycles. The second-order valence-corrected chi connectivity index (χ2v) is 8.04. The molecule has 0 fully saturated rings. The molecule has 1 heterocycles. The first-order valence-corrected chi connectivity index (χ1v) is 10.3. The second kappa shape index (κ2) is 9.03. The average Bonchev–Trinajstić information content (AvgIpc) is 2.51. The zero-order valence-corrected chi connectivity index (χ0v) is 18.2. The summed E-state index contributed by atoms with van der Waals surface area (Å²) in [4.78, 5) is 0. The molecule has 0 aliphatic carbocycles. The Kier molecular flexibility index (Phi) is 7.16. The van der Waals surface area contributed by atoms with Gasteiger partial charge < -0.3 is 0 Å². The molecule has 5 nitrogen and oxygen atoms in total. The lowest BCUT2D eigenvalue weighted by Crippen LogP contribution is -2.68. The van der Waals surface area contributed by atoms with Crippen molar-refractivity contribution >= 4 is 0 Å². The van der Waals surface area contributed by atoms with Crippen molar-refractivity contribution < 1.29 is 33.3 Å². The number of rotatable bonds is 2. The van der Waals surface area contributed by atoms with E-state index in [-0.39, 0.29) is 0 Å². The zero-order chi connectivity index (χ0) is 21.9. The highest BCUT2D eigenvalue weighted by Crippen LogP contribution is 2.34. The topological polar surface area (TPSA) is 104 Å². The van der Waals surface area contributed by atoms with E-state index < -0.39 is 10.2 Å². The van der Waals surface area contributed by atoms with Crippen molar-refractivity contribution in [1.29, 1.82) is 0 Å². The highest BCUT2D eigenvalue weighted by molar-refractivity contribution is 5.71. The van der Waals surface area contributed by atoms with Crippen LogP contribution in [-0.2, 0) is 0 Å². The molecule has 0 aliphatic rings. The van der Waals surface area contributed by atoms with E-state index in [1.165, 1.54) is 44.5 Å². The summed E-state index contributed by atoms with van der Waals surface area (Å²) in [5, 5.41) is 0. The predicted molar refractivity (Wildman–Crippen MR) is 102 cm³/mol. The van der Waals surface area contributed by atoms with Crippen LogP contribution in [0.25, 0.3) is 22.6 Å². The number of halogens is 1. The molecule has 0 N–H and O–H groups in total. The molecule has 0 saturated heterocycles. The van der Waals surface area contributed by atoms with Gasteiger partial charge >= 0.3 is 11.5 Å². The summed E-state index contributed by atoms with van der Waals surface area (Å²) < 4.78 is 40.3. The van der Waals surface area contributed by atoms with E-state index in [1.807, 2.05) is 0 Å². The molecule has 0 amide bonds. The van der Waals surface area contributed by atoms with Gasteiger partial charge in [-0.05, 0) is 69.9 Å². The quantitative estimate of drug-likeness (QED) is 0.594. The standard InChI is InChI=1S/C23H25O.ClHO4/c1-14-10-16(3)22(17(4)11-14)20-8-7-9-21(24-20)23-18(5)12-15(2)13-19(23)6;2-1(3,4)5/h7-13H,1-6H3;(H,2,3,4,5)/q+1;/p-1. The van der Waals surface area contributed by atoms with E-state index in [0.29, 0.717) is 0 Å². The SMILES string of the molecule is Cc1cc(C)c(-c2cccc(-c3c(C)cc(C)cc3C)[o+]2)c(C)c1.[O-][Cl+3]([O-])([O-])[O-]. The smallest absolute Gasteiger partial charge is 0.222 e. The molecule has 0 radical (unpaired) electrons. The maximum absolute atomic E-state index is 8.49. The third-order valence-corrected chi connectivity index (χ3v) is 4.56. The molecular weight excluding hydrogens is 392 g/mol. The van der Waals surface area contributed by atoms with E-state index in [9.17, 15) is 0 Å². The van der Waals surface area contributed by atoms with Gasteiger partial charge in [0.25, 0.3) is 0 Å². The molecule has 29 heavy (non-hydrogen) atoms. The van der Waals surface area contributed by atoms with Gasteiger partial charge in [0, 0.05) is 12.1 Å². The molecule has 0 bridgehead atoms. The normalized spacial score (nSPS) is 11.1. The number of hydrogen-bond acceptors (Lipinski definition) is 4. The Labute approximate surface area is 173 Å². The molecule has 0 unspecified atom stereocenters. The minimum Gasteiger partial charge on any atom is -0.222 e. The second-order valence-electron chi connectivity index (χ2n) is 7.28. The van der Waals surface area contributed by atoms with Crippen LogP contribution in [0.15, 0.2) is 46.9 Å². The van der Waals surface area contributed by atoms with Crippen LogP contribution >= 0.6 is 0 Å². The van der Waals surface area contributed by atoms with Crippen molar-refractivity contribution in [2.45, 2.75) is 41.5 Å². The van der Waals surface area contributed by atoms with Crippen LogP contribution in [0.1, 0.15) is 33.4 Å². The molecule has 0 atom stereocenters. The fourth-order valence-corrected chi connectivity index (χ4v) is 3.82. The molecule has 3 aromatic rings. The van der Waals surface area contributed by atoms with Gasteiger partial charge in [0.1, 0.15) is 0 Å². The van der Waals surface area contributed by atoms with Gasteiger partial charge in [-0.15, -0.1) is 10.2 Å². The van der Waals surface area contributed by atoms with E-state index in [2.05, 4.69) is 84.0 Å². The third-order valence-electron chi connectivity index (χ3n) is 4.56. The monoisotopic (exact) mass is 416 g/mol. The summed E-state index contributed by atoms with van der Waals surface area (Å²) in [5.74, 6) is 1.86. The van der Waals surface area contributed by atoms with Crippen molar-refractivity contribution in [2.75, 3.05) is 0 Å².